The van der Waals surface area contributed by atoms with Gasteiger partial charge in [-0.3, -0.25) is 0 Å². The Morgan fingerprint density at radius 3 is 2.46 bits per heavy atom. The molecule has 0 saturated heterocycles. The Kier molecular flexibility index (Phi) is 3.10. The quantitative estimate of drug-likeness (QED) is 0.396. The molecule has 0 spiro atoms. The Morgan fingerprint density at radius 2 is 1.92 bits per heavy atom. The van der Waals surface area contributed by atoms with Crippen LogP contribution in [0.25, 0.3) is 0 Å². The van der Waals surface area contributed by atoms with Crippen molar-refractivity contribution in [2.24, 2.45) is 0 Å². The van der Waals surface area contributed by atoms with E-state index >= 15 is 0 Å². The number of nitrogens with one attached hydrogen (secondary N) is 2. The van der Waals surface area contributed by atoms with Crippen LogP contribution in [0.5, 0.6) is 5.75 Å². The van der Waals surface area contributed by atoms with Crippen LogP contribution in [0.4, 0.5) is 10.5 Å². The third kappa shape index (κ3) is 3.00. The zero-order valence-electron chi connectivity index (χ0n) is 6.82. The average molecular weight is 182 g/mol. The lowest BCUT2D eigenvalue weighted by Gasteiger charge is -2.04. The molecule has 4 N–H and O–H groups in total. The van der Waals surface area contributed by atoms with Gasteiger partial charge in [0.25, 0.3) is 0 Å². The van der Waals surface area contributed by atoms with Crippen molar-refractivity contribution in [1.82, 2.24) is 5.32 Å². The molecule has 13 heavy (non-hydrogen) atoms. The largest absolute Gasteiger partial charge is 0.508 e. The molecule has 0 saturated carbocycles. The number of anilines is 1. The van der Waals surface area contributed by atoms with Crippen molar-refractivity contribution in [3.63, 3.8) is 0 Å². The molecule has 0 aliphatic heterocycles. The summed E-state index contributed by atoms with van der Waals surface area (Å²) in [5, 5.41) is 21.9. The predicted octanol–water partition coefficient (Wildman–Crippen LogP) is 0.463. The van der Waals surface area contributed by atoms with Gasteiger partial charge in [0.05, 0.1) is 0 Å². The first-order valence-electron chi connectivity index (χ1n) is 3.67. The highest BCUT2D eigenvalue weighted by Crippen LogP contribution is 2.13. The summed E-state index contributed by atoms with van der Waals surface area (Å²) in [7, 11) is 0. The van der Waals surface area contributed by atoms with Gasteiger partial charge in [-0.2, -0.15) is 0 Å². The first-order valence-corrected chi connectivity index (χ1v) is 3.67. The van der Waals surface area contributed by atoms with Crippen molar-refractivity contribution in [3.8, 4) is 5.75 Å². The van der Waals surface area contributed by atoms with Gasteiger partial charge in [-0.15, -0.1) is 0 Å². The van der Waals surface area contributed by atoms with E-state index in [0.29, 0.717) is 5.69 Å². The second-order valence-electron chi connectivity index (χ2n) is 2.34. The number of carbonyl (C=O) groups excluding carboxylic acids is 1. The van der Waals surface area contributed by atoms with E-state index in [0.717, 1.165) is 0 Å². The number of phenols is 1. The van der Waals surface area contributed by atoms with Crippen LogP contribution in [0, 0.1) is 0 Å². The van der Waals surface area contributed by atoms with Crippen LogP contribution in [0.2, 0.25) is 0 Å². The van der Waals surface area contributed by atoms with Gasteiger partial charge >= 0.3 is 6.03 Å². The topological polar surface area (TPSA) is 81.6 Å². The lowest BCUT2D eigenvalue weighted by molar-refractivity contribution is 0.228. The zero-order valence-corrected chi connectivity index (χ0v) is 6.82. The standard InChI is InChI=1S/C8H10N2O3/c11-5-9-8(13)10-6-1-3-7(12)4-2-6/h1-4,11-12H,5H2,(H2,9,10,13). The van der Waals surface area contributed by atoms with Crippen molar-refractivity contribution in [3.05, 3.63) is 24.3 Å². The zero-order chi connectivity index (χ0) is 9.68. The van der Waals surface area contributed by atoms with Crippen LogP contribution in [0.3, 0.4) is 0 Å². The maximum Gasteiger partial charge on any atom is 0.321 e. The Hall–Kier alpha value is -1.75. The van der Waals surface area contributed by atoms with Gasteiger partial charge in [-0.05, 0) is 24.3 Å². The molecule has 5 heteroatoms. The number of hydrogen-bond acceptors (Lipinski definition) is 3. The number of phenolic OH excluding ortho intramolecular Hbond substituents is 1. The number of aromatic hydroxyl groups is 1. The lowest BCUT2D eigenvalue weighted by atomic mass is 10.3. The van der Waals surface area contributed by atoms with E-state index in [-0.39, 0.29) is 5.75 Å². The van der Waals surface area contributed by atoms with E-state index in [1.165, 1.54) is 12.1 Å². The molecule has 0 heterocycles. The van der Waals surface area contributed by atoms with Crippen molar-refractivity contribution in [2.75, 3.05) is 12.0 Å². The van der Waals surface area contributed by atoms with Crippen molar-refractivity contribution in [2.45, 2.75) is 0 Å². The molecule has 0 radical (unpaired) electrons. The monoisotopic (exact) mass is 182 g/mol. The fourth-order valence-corrected chi connectivity index (χ4v) is 0.792. The number of amides is 2. The molecule has 0 aliphatic rings. The molecule has 5 nitrogen and oxygen atoms in total. The number of benzene rings is 1. The summed E-state index contributed by atoms with van der Waals surface area (Å²) in [5.74, 6) is 0.133. The maximum absolute atomic E-state index is 10.9. The Balaban J connectivity index is 2.54. The minimum Gasteiger partial charge on any atom is -0.508 e. The van der Waals surface area contributed by atoms with Gasteiger partial charge in [-0.25, -0.2) is 4.79 Å². The smallest absolute Gasteiger partial charge is 0.321 e. The second-order valence-corrected chi connectivity index (χ2v) is 2.34. The molecule has 0 unspecified atom stereocenters. The van der Waals surface area contributed by atoms with E-state index in [9.17, 15) is 4.79 Å². The first kappa shape index (κ1) is 9.34. The number of urea groups is 1. The summed E-state index contributed by atoms with van der Waals surface area (Å²) in [6.07, 6.45) is 0. The number of carbonyl (C=O) groups is 1. The number of aliphatic hydroxyl groups excluding tert-OH is 1. The minimum absolute atomic E-state index is 0.133. The van der Waals surface area contributed by atoms with Gasteiger partial charge < -0.3 is 20.8 Å². The highest BCUT2D eigenvalue weighted by molar-refractivity contribution is 5.89. The van der Waals surface area contributed by atoms with Gasteiger partial charge in [0.1, 0.15) is 12.5 Å². The fourth-order valence-electron chi connectivity index (χ4n) is 0.792. The Morgan fingerprint density at radius 1 is 1.31 bits per heavy atom. The van der Waals surface area contributed by atoms with E-state index in [1.54, 1.807) is 12.1 Å². The van der Waals surface area contributed by atoms with Crippen molar-refractivity contribution in [1.29, 1.82) is 0 Å². The van der Waals surface area contributed by atoms with E-state index in [2.05, 4.69) is 10.6 Å². The Labute approximate surface area is 75.0 Å². The summed E-state index contributed by atoms with van der Waals surface area (Å²) < 4.78 is 0. The molecule has 70 valence electrons. The van der Waals surface area contributed by atoms with Crippen LogP contribution >= 0.6 is 0 Å². The fraction of sp³-hybridized carbons (Fsp3) is 0.125. The highest BCUT2D eigenvalue weighted by atomic mass is 16.3. The van der Waals surface area contributed by atoms with E-state index in [1.807, 2.05) is 0 Å². The summed E-state index contributed by atoms with van der Waals surface area (Å²) in [5.41, 5.74) is 0.545. The van der Waals surface area contributed by atoms with Crippen LogP contribution < -0.4 is 10.6 Å². The summed E-state index contributed by atoms with van der Waals surface area (Å²) >= 11 is 0. The SMILES string of the molecule is O=C(NCO)Nc1ccc(O)cc1. The molecular weight excluding hydrogens is 172 g/mol. The number of hydrogen-bond donors (Lipinski definition) is 4. The van der Waals surface area contributed by atoms with E-state index < -0.39 is 12.8 Å². The summed E-state index contributed by atoms with van der Waals surface area (Å²) in [4.78, 5) is 10.9. The highest BCUT2D eigenvalue weighted by Gasteiger charge is 1.98. The summed E-state index contributed by atoms with van der Waals surface area (Å²) in [6, 6.07) is 5.51. The normalized spacial score (nSPS) is 9.31. The third-order valence-corrected chi connectivity index (χ3v) is 1.36. The van der Waals surface area contributed by atoms with Crippen LogP contribution in [-0.2, 0) is 0 Å². The molecule has 1 aromatic rings. The molecule has 0 bridgehead atoms. The van der Waals surface area contributed by atoms with Crippen molar-refractivity contribution < 1.29 is 15.0 Å². The molecular formula is C8H10N2O3. The average Bonchev–Trinajstić information content (AvgIpc) is 2.09. The minimum atomic E-state index is -0.492. The van der Waals surface area contributed by atoms with Crippen molar-refractivity contribution >= 4 is 11.7 Å². The molecule has 1 rings (SSSR count). The Bertz CT molecular complexity index is 284. The molecule has 1 aromatic carbocycles. The lowest BCUT2D eigenvalue weighted by Crippen LogP contribution is -2.29. The second kappa shape index (κ2) is 4.32. The molecule has 0 aliphatic carbocycles. The van der Waals surface area contributed by atoms with E-state index in [4.69, 9.17) is 10.2 Å². The summed E-state index contributed by atoms with van der Waals surface area (Å²) in [6.45, 7) is -0.413. The van der Waals surface area contributed by atoms with Gasteiger partial charge in [-0.1, -0.05) is 0 Å². The maximum atomic E-state index is 10.9. The molecule has 2 amide bonds. The third-order valence-electron chi connectivity index (χ3n) is 1.36. The predicted molar refractivity (Wildman–Crippen MR) is 47.3 cm³/mol. The number of rotatable bonds is 2. The first-order chi connectivity index (χ1) is 6.22. The van der Waals surface area contributed by atoms with Gasteiger partial charge in [0.2, 0.25) is 0 Å². The number of aliphatic hydroxyl groups is 1. The van der Waals surface area contributed by atoms with Crippen LogP contribution in [0.1, 0.15) is 0 Å². The molecule has 0 atom stereocenters. The van der Waals surface area contributed by atoms with Gasteiger partial charge in [0.15, 0.2) is 0 Å². The molecule has 0 aromatic heterocycles. The van der Waals surface area contributed by atoms with Crippen LogP contribution in [0.15, 0.2) is 24.3 Å². The van der Waals surface area contributed by atoms with Crippen LogP contribution in [-0.4, -0.2) is 23.0 Å². The molecule has 0 fully saturated rings. The van der Waals surface area contributed by atoms with Gasteiger partial charge in [0, 0.05) is 5.69 Å².